The van der Waals surface area contributed by atoms with Crippen LogP contribution in [0.15, 0.2) is 47.9 Å². The van der Waals surface area contributed by atoms with Crippen LogP contribution >= 0.6 is 11.8 Å². The maximum Gasteiger partial charge on any atom is 1.00 e. The molecule has 0 bridgehead atoms. The minimum atomic E-state index is 0. The van der Waals surface area contributed by atoms with Gasteiger partial charge in [0.25, 0.3) is 0 Å². The first-order valence-corrected chi connectivity index (χ1v) is 6.19. The van der Waals surface area contributed by atoms with Gasteiger partial charge < -0.3 is 11.8 Å². The van der Waals surface area contributed by atoms with Gasteiger partial charge in [0.05, 0.1) is 0 Å². The first kappa shape index (κ1) is 15.9. The van der Waals surface area contributed by atoms with Crippen LogP contribution in [0.5, 0.6) is 0 Å². The summed E-state index contributed by atoms with van der Waals surface area (Å²) in [6, 6.07) is 10.5. The van der Waals surface area contributed by atoms with Gasteiger partial charge in [-0.25, -0.2) is 0 Å². The molecule has 1 aromatic rings. The van der Waals surface area contributed by atoms with Crippen LogP contribution < -0.4 is 18.9 Å². The average Bonchev–Trinajstić information content (AvgIpc) is 2.26. The van der Waals surface area contributed by atoms with Crippen molar-refractivity contribution in [3.8, 4) is 0 Å². The Kier molecular flexibility index (Phi) is 8.02. The molecule has 0 aromatic heterocycles. The standard InChI is InChI=1S/C14H19S.Li/c1-4-14(2,3)11-8-12-15-13-9-6-5-7-10-13;/h4-7,9-10,12H,1,8,11H2,2-3H3;/q-1;+1. The first-order valence-electron chi connectivity index (χ1n) is 5.31. The van der Waals surface area contributed by atoms with Gasteiger partial charge in [-0.15, -0.1) is 6.58 Å². The Bertz CT molecular complexity index is 293. The van der Waals surface area contributed by atoms with Crippen molar-refractivity contribution in [1.82, 2.24) is 0 Å². The van der Waals surface area contributed by atoms with Crippen molar-refractivity contribution < 1.29 is 18.9 Å². The monoisotopic (exact) mass is 226 g/mol. The fraction of sp³-hybridized carbons (Fsp3) is 0.357. The van der Waals surface area contributed by atoms with Crippen LogP contribution in [0.4, 0.5) is 0 Å². The van der Waals surface area contributed by atoms with E-state index in [9.17, 15) is 0 Å². The van der Waals surface area contributed by atoms with Crippen LogP contribution in [0.2, 0.25) is 0 Å². The predicted octanol–water partition coefficient (Wildman–Crippen LogP) is 1.94. The minimum Gasteiger partial charge on any atom is -0.316 e. The van der Waals surface area contributed by atoms with Crippen molar-refractivity contribution in [3.63, 3.8) is 0 Å². The topological polar surface area (TPSA) is 0 Å². The number of hydrogen-bond donors (Lipinski definition) is 0. The van der Waals surface area contributed by atoms with Gasteiger partial charge in [0.2, 0.25) is 0 Å². The molecule has 0 saturated carbocycles. The van der Waals surface area contributed by atoms with Gasteiger partial charge in [0, 0.05) is 0 Å². The van der Waals surface area contributed by atoms with Crippen LogP contribution in [0.1, 0.15) is 26.7 Å². The molecule has 2 heteroatoms. The Morgan fingerprint density at radius 3 is 2.50 bits per heavy atom. The second-order valence-corrected chi connectivity index (χ2v) is 5.37. The molecule has 1 aromatic carbocycles. The van der Waals surface area contributed by atoms with E-state index in [0.29, 0.717) is 0 Å². The van der Waals surface area contributed by atoms with Crippen molar-refractivity contribution in [2.75, 3.05) is 0 Å². The van der Waals surface area contributed by atoms with E-state index in [1.165, 1.54) is 4.90 Å². The Hall–Kier alpha value is -0.0926. The molecule has 0 aliphatic carbocycles. The van der Waals surface area contributed by atoms with Crippen molar-refractivity contribution in [3.05, 3.63) is 48.7 Å². The molecule has 0 nitrogen and oxygen atoms in total. The summed E-state index contributed by atoms with van der Waals surface area (Å²) in [4.78, 5) is 1.31. The molecule has 0 heterocycles. The van der Waals surface area contributed by atoms with Crippen LogP contribution in [0.25, 0.3) is 0 Å². The summed E-state index contributed by atoms with van der Waals surface area (Å²) in [6.45, 7) is 8.30. The molecule has 0 spiro atoms. The van der Waals surface area contributed by atoms with Crippen LogP contribution in [0.3, 0.4) is 0 Å². The SMILES string of the molecule is C=CC(C)(C)CC[CH-]Sc1ccccc1.[Li+]. The Morgan fingerprint density at radius 2 is 1.94 bits per heavy atom. The number of allylic oxidation sites excluding steroid dienone is 1. The van der Waals surface area contributed by atoms with E-state index in [4.69, 9.17) is 0 Å². The van der Waals surface area contributed by atoms with Gasteiger partial charge >= 0.3 is 18.9 Å². The summed E-state index contributed by atoms with van der Waals surface area (Å²) in [7, 11) is 0. The predicted molar refractivity (Wildman–Crippen MR) is 69.8 cm³/mol. The summed E-state index contributed by atoms with van der Waals surface area (Å²) < 4.78 is 0. The summed E-state index contributed by atoms with van der Waals surface area (Å²) in [5, 5.41) is 0. The quantitative estimate of drug-likeness (QED) is 0.235. The third-order valence-electron chi connectivity index (χ3n) is 2.42. The van der Waals surface area contributed by atoms with Crippen molar-refractivity contribution in [1.29, 1.82) is 0 Å². The Balaban J connectivity index is 0.00000225. The Morgan fingerprint density at radius 1 is 1.31 bits per heavy atom. The molecule has 0 aliphatic rings. The number of hydrogen-bond acceptors (Lipinski definition) is 1. The van der Waals surface area contributed by atoms with Crippen molar-refractivity contribution in [2.45, 2.75) is 31.6 Å². The van der Waals surface area contributed by atoms with Crippen molar-refractivity contribution >= 4 is 11.8 Å². The third-order valence-corrected chi connectivity index (χ3v) is 3.37. The van der Waals surface area contributed by atoms with Crippen LogP contribution in [-0.4, -0.2) is 0 Å². The fourth-order valence-electron chi connectivity index (χ4n) is 1.19. The molecule has 82 valence electrons. The van der Waals surface area contributed by atoms with Crippen LogP contribution in [-0.2, 0) is 0 Å². The summed E-state index contributed by atoms with van der Waals surface area (Å²) in [5.74, 6) is 2.28. The molecule has 0 unspecified atom stereocenters. The molecule has 0 aliphatic heterocycles. The van der Waals surface area contributed by atoms with Gasteiger partial charge in [-0.2, -0.15) is 6.42 Å². The molecule has 0 atom stereocenters. The van der Waals surface area contributed by atoms with Gasteiger partial charge in [-0.1, -0.05) is 56.7 Å². The van der Waals surface area contributed by atoms with E-state index in [0.717, 1.165) is 12.8 Å². The number of rotatable bonds is 6. The maximum absolute atomic E-state index is 3.85. The second kappa shape index (κ2) is 8.07. The Labute approximate surface area is 116 Å². The van der Waals surface area contributed by atoms with E-state index < -0.39 is 0 Å². The summed E-state index contributed by atoms with van der Waals surface area (Å²) >= 11 is 1.81. The van der Waals surface area contributed by atoms with E-state index in [1.807, 2.05) is 23.9 Å². The van der Waals surface area contributed by atoms with E-state index in [-0.39, 0.29) is 24.3 Å². The molecule has 0 fully saturated rings. The molecule has 1 rings (SSSR count). The van der Waals surface area contributed by atoms with Gasteiger partial charge in [0.1, 0.15) is 0 Å². The molecule has 16 heavy (non-hydrogen) atoms. The third kappa shape index (κ3) is 6.48. The molecule has 0 saturated heterocycles. The zero-order valence-electron chi connectivity index (χ0n) is 10.6. The number of thioether (sulfide) groups is 1. The van der Waals surface area contributed by atoms with Crippen LogP contribution in [0, 0.1) is 11.2 Å². The van der Waals surface area contributed by atoms with Gasteiger partial charge in [-0.3, -0.25) is 5.75 Å². The maximum atomic E-state index is 3.85. The zero-order chi connectivity index (χ0) is 11.1. The second-order valence-electron chi connectivity index (χ2n) is 4.33. The average molecular weight is 226 g/mol. The molecule has 0 radical (unpaired) electrons. The largest absolute Gasteiger partial charge is 1.00 e. The summed E-state index contributed by atoms with van der Waals surface area (Å²) in [5.41, 5.74) is 0.258. The summed E-state index contributed by atoms with van der Waals surface area (Å²) in [6.07, 6.45) is 4.32. The number of benzene rings is 1. The molecular weight excluding hydrogens is 207 g/mol. The van der Waals surface area contributed by atoms with E-state index in [2.05, 4.69) is 50.4 Å². The fourth-order valence-corrected chi connectivity index (χ4v) is 1.93. The molecular formula is C14H19LiS. The normalized spacial score (nSPS) is 10.6. The molecule has 0 N–H and O–H groups in total. The smallest absolute Gasteiger partial charge is 0.316 e. The molecule has 0 amide bonds. The van der Waals surface area contributed by atoms with Gasteiger partial charge in [0.15, 0.2) is 0 Å². The van der Waals surface area contributed by atoms with Gasteiger partial charge in [-0.05, 0) is 10.3 Å². The van der Waals surface area contributed by atoms with E-state index >= 15 is 0 Å². The zero-order valence-corrected chi connectivity index (χ0v) is 11.4. The van der Waals surface area contributed by atoms with Crippen molar-refractivity contribution in [2.24, 2.45) is 5.41 Å². The van der Waals surface area contributed by atoms with E-state index in [1.54, 1.807) is 0 Å². The minimum absolute atomic E-state index is 0. The first-order chi connectivity index (χ1) is 7.14.